The van der Waals surface area contributed by atoms with Crippen molar-refractivity contribution < 1.29 is 4.74 Å². The minimum Gasteiger partial charge on any atom is -0.490 e. The zero-order valence-electron chi connectivity index (χ0n) is 20.0. The normalized spacial score (nSPS) is 18.3. The SMILES string of the molecule is CCCCCc1ccc(-c2ncc(OCC3CCC(CCCCC)CC3)cn2)c(C#N)c1. The summed E-state index contributed by atoms with van der Waals surface area (Å²) in [5, 5.41) is 9.61. The lowest BCUT2D eigenvalue weighted by Crippen LogP contribution is -2.20. The minimum atomic E-state index is 0.585. The maximum Gasteiger partial charge on any atom is 0.160 e. The number of benzene rings is 1. The van der Waals surface area contributed by atoms with Gasteiger partial charge in [-0.3, -0.25) is 0 Å². The molecule has 1 saturated carbocycles. The average Bonchev–Trinajstić information content (AvgIpc) is 2.84. The fourth-order valence-electron chi connectivity index (χ4n) is 4.73. The van der Waals surface area contributed by atoms with Crippen molar-refractivity contribution in [2.24, 2.45) is 11.8 Å². The summed E-state index contributed by atoms with van der Waals surface area (Å²) in [6.07, 6.45) is 18.8. The van der Waals surface area contributed by atoms with Crippen LogP contribution < -0.4 is 4.74 Å². The third kappa shape index (κ3) is 7.33. The first-order valence-corrected chi connectivity index (χ1v) is 12.7. The predicted octanol–water partition coefficient (Wildman–Crippen LogP) is 7.51. The molecule has 2 aromatic rings. The summed E-state index contributed by atoms with van der Waals surface area (Å²) in [6, 6.07) is 8.38. The van der Waals surface area contributed by atoms with E-state index >= 15 is 0 Å². The van der Waals surface area contributed by atoms with E-state index in [9.17, 15) is 5.26 Å². The van der Waals surface area contributed by atoms with Gasteiger partial charge in [0.05, 0.1) is 30.6 Å². The van der Waals surface area contributed by atoms with Crippen LogP contribution in [-0.4, -0.2) is 16.6 Å². The van der Waals surface area contributed by atoms with Crippen LogP contribution in [0.2, 0.25) is 0 Å². The Morgan fingerprint density at radius 3 is 2.31 bits per heavy atom. The molecule has 0 spiro atoms. The Balaban J connectivity index is 1.50. The summed E-state index contributed by atoms with van der Waals surface area (Å²) in [5.41, 5.74) is 2.64. The molecule has 0 amide bonds. The number of aryl methyl sites for hydroxylation is 1. The van der Waals surface area contributed by atoms with Gasteiger partial charge in [0.1, 0.15) is 0 Å². The quantitative estimate of drug-likeness (QED) is 0.325. The van der Waals surface area contributed by atoms with Crippen molar-refractivity contribution in [2.45, 2.75) is 90.9 Å². The van der Waals surface area contributed by atoms with Crippen molar-refractivity contribution >= 4 is 0 Å². The maximum atomic E-state index is 9.61. The van der Waals surface area contributed by atoms with E-state index < -0.39 is 0 Å². The van der Waals surface area contributed by atoms with Crippen LogP contribution >= 0.6 is 0 Å². The van der Waals surface area contributed by atoms with Crippen molar-refractivity contribution in [1.82, 2.24) is 9.97 Å². The van der Waals surface area contributed by atoms with Crippen LogP contribution in [0, 0.1) is 23.2 Å². The molecule has 0 bridgehead atoms. The van der Waals surface area contributed by atoms with Gasteiger partial charge in [-0.05, 0) is 55.2 Å². The van der Waals surface area contributed by atoms with Gasteiger partial charge in [-0.1, -0.05) is 71.3 Å². The number of nitrogens with zero attached hydrogens (tertiary/aromatic N) is 3. The lowest BCUT2D eigenvalue weighted by molar-refractivity contribution is 0.177. The molecule has 0 saturated heterocycles. The van der Waals surface area contributed by atoms with E-state index in [1.54, 1.807) is 12.4 Å². The summed E-state index contributed by atoms with van der Waals surface area (Å²) in [4.78, 5) is 8.99. The standard InChI is InChI=1S/C28H39N3O/c1-3-5-7-9-22-11-13-24(14-12-22)21-32-26-19-30-28(31-20-26)27-16-15-23(10-8-6-4-2)17-25(27)18-29/h15-17,19-20,22,24H,3-14,21H2,1-2H3. The molecule has 1 aliphatic carbocycles. The van der Waals surface area contributed by atoms with E-state index in [0.717, 1.165) is 30.9 Å². The molecular weight excluding hydrogens is 394 g/mol. The van der Waals surface area contributed by atoms with Crippen molar-refractivity contribution in [3.05, 3.63) is 41.7 Å². The predicted molar refractivity (Wildman–Crippen MR) is 130 cm³/mol. The Hall–Kier alpha value is -2.41. The van der Waals surface area contributed by atoms with Gasteiger partial charge in [0.2, 0.25) is 0 Å². The Bertz CT molecular complexity index is 848. The number of hydrogen-bond donors (Lipinski definition) is 0. The third-order valence-corrected chi connectivity index (χ3v) is 6.81. The monoisotopic (exact) mass is 433 g/mol. The van der Waals surface area contributed by atoms with Crippen LogP contribution in [0.1, 0.15) is 95.6 Å². The molecule has 3 rings (SSSR count). The highest BCUT2D eigenvalue weighted by molar-refractivity contribution is 5.65. The van der Waals surface area contributed by atoms with Crippen LogP contribution in [0.3, 0.4) is 0 Å². The Morgan fingerprint density at radius 1 is 0.938 bits per heavy atom. The number of aromatic nitrogens is 2. The van der Waals surface area contributed by atoms with E-state index in [1.165, 1.54) is 69.8 Å². The highest BCUT2D eigenvalue weighted by Crippen LogP contribution is 2.32. The smallest absolute Gasteiger partial charge is 0.160 e. The summed E-state index contributed by atoms with van der Waals surface area (Å²) in [5.74, 6) is 2.87. The first kappa shape index (κ1) is 24.2. The lowest BCUT2D eigenvalue weighted by Gasteiger charge is -2.28. The van der Waals surface area contributed by atoms with Gasteiger partial charge in [0.15, 0.2) is 11.6 Å². The second-order valence-corrected chi connectivity index (χ2v) is 9.38. The fraction of sp³-hybridized carbons (Fsp3) is 0.607. The van der Waals surface area contributed by atoms with Gasteiger partial charge < -0.3 is 4.74 Å². The second kappa shape index (κ2) is 13.2. The summed E-state index contributed by atoms with van der Waals surface area (Å²) in [6.45, 7) is 5.23. The highest BCUT2D eigenvalue weighted by atomic mass is 16.5. The zero-order chi connectivity index (χ0) is 22.6. The molecule has 0 radical (unpaired) electrons. The molecule has 4 heteroatoms. The first-order chi connectivity index (χ1) is 15.7. The minimum absolute atomic E-state index is 0.585. The average molecular weight is 434 g/mol. The lowest BCUT2D eigenvalue weighted by atomic mass is 9.80. The third-order valence-electron chi connectivity index (χ3n) is 6.81. The molecule has 0 aliphatic heterocycles. The molecule has 1 aromatic carbocycles. The van der Waals surface area contributed by atoms with E-state index in [2.05, 4.69) is 36.0 Å². The van der Waals surface area contributed by atoms with Gasteiger partial charge in [-0.2, -0.15) is 5.26 Å². The zero-order valence-corrected chi connectivity index (χ0v) is 20.0. The Labute approximate surface area is 194 Å². The molecule has 1 heterocycles. The molecule has 0 N–H and O–H groups in total. The topological polar surface area (TPSA) is 58.8 Å². The summed E-state index contributed by atoms with van der Waals surface area (Å²) >= 11 is 0. The van der Waals surface area contributed by atoms with E-state index in [1.807, 2.05) is 12.1 Å². The molecule has 0 atom stereocenters. The van der Waals surface area contributed by atoms with Crippen LogP contribution in [0.4, 0.5) is 0 Å². The molecule has 32 heavy (non-hydrogen) atoms. The molecule has 1 fully saturated rings. The number of unbranched alkanes of at least 4 members (excludes halogenated alkanes) is 4. The van der Waals surface area contributed by atoms with Gasteiger partial charge in [-0.15, -0.1) is 0 Å². The molecule has 0 unspecified atom stereocenters. The Morgan fingerprint density at radius 2 is 1.62 bits per heavy atom. The highest BCUT2D eigenvalue weighted by Gasteiger charge is 2.21. The molecule has 172 valence electrons. The van der Waals surface area contributed by atoms with Crippen LogP contribution in [0.5, 0.6) is 5.75 Å². The summed E-state index contributed by atoms with van der Waals surface area (Å²) in [7, 11) is 0. The second-order valence-electron chi connectivity index (χ2n) is 9.38. The number of hydrogen-bond acceptors (Lipinski definition) is 4. The van der Waals surface area contributed by atoms with Gasteiger partial charge in [-0.25, -0.2) is 9.97 Å². The molecule has 1 aliphatic rings. The number of ether oxygens (including phenoxy) is 1. The van der Waals surface area contributed by atoms with Crippen LogP contribution in [0.15, 0.2) is 30.6 Å². The first-order valence-electron chi connectivity index (χ1n) is 12.7. The fourth-order valence-corrected chi connectivity index (χ4v) is 4.73. The van der Waals surface area contributed by atoms with Crippen LogP contribution in [-0.2, 0) is 6.42 Å². The van der Waals surface area contributed by atoms with Gasteiger partial charge in [0, 0.05) is 5.56 Å². The van der Waals surface area contributed by atoms with Crippen molar-refractivity contribution in [2.75, 3.05) is 6.61 Å². The van der Waals surface area contributed by atoms with E-state index in [-0.39, 0.29) is 0 Å². The number of nitriles is 1. The molecule has 1 aromatic heterocycles. The van der Waals surface area contributed by atoms with Gasteiger partial charge in [0.25, 0.3) is 0 Å². The molecular formula is C28H39N3O. The van der Waals surface area contributed by atoms with Crippen molar-refractivity contribution in [1.29, 1.82) is 5.26 Å². The van der Waals surface area contributed by atoms with Crippen molar-refractivity contribution in [3.63, 3.8) is 0 Å². The Kier molecular flexibility index (Phi) is 10.0. The van der Waals surface area contributed by atoms with E-state index in [0.29, 0.717) is 23.1 Å². The largest absolute Gasteiger partial charge is 0.490 e. The van der Waals surface area contributed by atoms with Gasteiger partial charge >= 0.3 is 0 Å². The van der Waals surface area contributed by atoms with E-state index in [4.69, 9.17) is 4.74 Å². The number of rotatable bonds is 12. The van der Waals surface area contributed by atoms with Crippen LogP contribution in [0.25, 0.3) is 11.4 Å². The van der Waals surface area contributed by atoms with Crippen molar-refractivity contribution in [3.8, 4) is 23.2 Å². The maximum absolute atomic E-state index is 9.61. The summed E-state index contributed by atoms with van der Waals surface area (Å²) < 4.78 is 6.01. The molecule has 4 nitrogen and oxygen atoms in total.